The highest BCUT2D eigenvalue weighted by molar-refractivity contribution is 9.10. The van der Waals surface area contributed by atoms with Crippen molar-refractivity contribution in [2.45, 2.75) is 6.54 Å². The third-order valence-corrected chi connectivity index (χ3v) is 3.60. The van der Waals surface area contributed by atoms with Crippen LogP contribution in [0.15, 0.2) is 40.9 Å². The molecule has 0 spiro atoms. The number of nitrogens with one attached hydrogen (secondary N) is 1. The van der Waals surface area contributed by atoms with Crippen LogP contribution in [0.5, 0.6) is 17.2 Å². The Morgan fingerprint density at radius 1 is 0.857 bits per heavy atom. The average Bonchev–Trinajstić information content (AvgIpc) is 2.52. The van der Waals surface area contributed by atoms with Crippen LogP contribution in [0.2, 0.25) is 0 Å². The van der Waals surface area contributed by atoms with Crippen molar-refractivity contribution in [3.63, 3.8) is 0 Å². The molecule has 4 nitrogen and oxygen atoms in total. The summed E-state index contributed by atoms with van der Waals surface area (Å²) in [5.74, 6) is 2.26. The van der Waals surface area contributed by atoms with Crippen molar-refractivity contribution in [3.05, 3.63) is 46.4 Å². The summed E-state index contributed by atoms with van der Waals surface area (Å²) in [5, 5.41) is 3.35. The highest BCUT2D eigenvalue weighted by Gasteiger charge is 2.06. The van der Waals surface area contributed by atoms with Crippen LogP contribution in [-0.4, -0.2) is 21.3 Å². The van der Waals surface area contributed by atoms with Crippen molar-refractivity contribution in [2.75, 3.05) is 26.6 Å². The molecule has 2 aromatic carbocycles. The predicted octanol–water partition coefficient (Wildman–Crippen LogP) is 4.09. The number of halogens is 1. The molecule has 1 N–H and O–H groups in total. The molecule has 0 aliphatic heterocycles. The molecule has 0 aliphatic carbocycles. The predicted molar refractivity (Wildman–Crippen MR) is 87.6 cm³/mol. The lowest BCUT2D eigenvalue weighted by Crippen LogP contribution is -2.02. The zero-order valence-corrected chi connectivity index (χ0v) is 13.9. The number of ether oxygens (including phenoxy) is 3. The van der Waals surface area contributed by atoms with E-state index in [2.05, 4.69) is 21.2 Å². The van der Waals surface area contributed by atoms with E-state index in [1.165, 1.54) is 0 Å². The first-order chi connectivity index (χ1) is 10.2. The van der Waals surface area contributed by atoms with E-state index >= 15 is 0 Å². The van der Waals surface area contributed by atoms with Gasteiger partial charge in [-0.05, 0) is 30.3 Å². The Bertz CT molecular complexity index is 616. The number of hydrogen-bond donors (Lipinski definition) is 1. The maximum Gasteiger partial charge on any atom is 0.162 e. The fourth-order valence-corrected chi connectivity index (χ4v) is 2.44. The van der Waals surface area contributed by atoms with Gasteiger partial charge in [-0.1, -0.05) is 15.9 Å². The molecule has 112 valence electrons. The number of rotatable bonds is 6. The first kappa shape index (κ1) is 15.5. The lowest BCUT2D eigenvalue weighted by atomic mass is 10.2. The molecule has 0 saturated heterocycles. The Balaban J connectivity index is 2.14. The standard InChI is InChI=1S/C16H18BrNO3/c1-19-14-6-4-12(17)8-11(14)10-18-13-5-7-15(20-2)16(9-13)21-3/h4-9,18H,10H2,1-3H3. The third-order valence-electron chi connectivity index (χ3n) is 3.11. The van der Waals surface area contributed by atoms with Gasteiger partial charge in [0.2, 0.25) is 0 Å². The molecule has 0 fully saturated rings. The van der Waals surface area contributed by atoms with E-state index in [1.54, 1.807) is 21.3 Å². The molecule has 5 heteroatoms. The molecule has 0 saturated carbocycles. The maximum absolute atomic E-state index is 5.36. The first-order valence-corrected chi connectivity index (χ1v) is 7.25. The van der Waals surface area contributed by atoms with Crippen LogP contribution in [-0.2, 0) is 6.54 Å². The fraction of sp³-hybridized carbons (Fsp3) is 0.250. The summed E-state index contributed by atoms with van der Waals surface area (Å²) in [7, 11) is 4.92. The zero-order valence-electron chi connectivity index (χ0n) is 12.3. The number of methoxy groups -OCH3 is 3. The van der Waals surface area contributed by atoms with Crippen LogP contribution < -0.4 is 19.5 Å². The summed E-state index contributed by atoms with van der Waals surface area (Å²) < 4.78 is 16.9. The zero-order chi connectivity index (χ0) is 15.2. The molecule has 0 amide bonds. The van der Waals surface area contributed by atoms with Crippen LogP contribution in [0, 0.1) is 0 Å². The Morgan fingerprint density at radius 3 is 2.19 bits per heavy atom. The van der Waals surface area contributed by atoms with E-state index in [0.29, 0.717) is 18.0 Å². The van der Waals surface area contributed by atoms with Gasteiger partial charge in [0.05, 0.1) is 21.3 Å². The van der Waals surface area contributed by atoms with E-state index < -0.39 is 0 Å². The Kier molecular flexibility index (Phi) is 5.33. The Morgan fingerprint density at radius 2 is 1.52 bits per heavy atom. The smallest absolute Gasteiger partial charge is 0.162 e. The van der Waals surface area contributed by atoms with E-state index in [1.807, 2.05) is 36.4 Å². The quantitative estimate of drug-likeness (QED) is 0.850. The minimum atomic E-state index is 0.651. The van der Waals surface area contributed by atoms with Crippen LogP contribution >= 0.6 is 15.9 Å². The number of anilines is 1. The van der Waals surface area contributed by atoms with Gasteiger partial charge in [0.15, 0.2) is 11.5 Å². The topological polar surface area (TPSA) is 39.7 Å². The Labute approximate surface area is 133 Å². The molecule has 2 aromatic rings. The second-order valence-electron chi connectivity index (χ2n) is 4.38. The molecule has 0 heterocycles. The van der Waals surface area contributed by atoms with Crippen LogP contribution in [0.25, 0.3) is 0 Å². The van der Waals surface area contributed by atoms with Gasteiger partial charge in [-0.3, -0.25) is 0 Å². The highest BCUT2D eigenvalue weighted by Crippen LogP contribution is 2.30. The van der Waals surface area contributed by atoms with Crippen molar-refractivity contribution < 1.29 is 14.2 Å². The van der Waals surface area contributed by atoms with Gasteiger partial charge in [-0.2, -0.15) is 0 Å². The molecule has 0 aliphatic rings. The van der Waals surface area contributed by atoms with Crippen LogP contribution in [0.3, 0.4) is 0 Å². The van der Waals surface area contributed by atoms with Crippen molar-refractivity contribution >= 4 is 21.6 Å². The molecule has 21 heavy (non-hydrogen) atoms. The summed E-state index contributed by atoms with van der Waals surface area (Å²) in [6, 6.07) is 11.7. The SMILES string of the molecule is COc1ccc(Br)cc1CNc1ccc(OC)c(OC)c1. The number of hydrogen-bond acceptors (Lipinski definition) is 4. The van der Waals surface area contributed by atoms with Gasteiger partial charge in [0, 0.05) is 28.3 Å². The second kappa shape index (κ2) is 7.22. The van der Waals surface area contributed by atoms with Gasteiger partial charge in [-0.25, -0.2) is 0 Å². The number of benzene rings is 2. The van der Waals surface area contributed by atoms with Crippen molar-refractivity contribution in [1.82, 2.24) is 0 Å². The lowest BCUT2D eigenvalue weighted by molar-refractivity contribution is 0.355. The Hall–Kier alpha value is -1.88. The molecule has 0 radical (unpaired) electrons. The largest absolute Gasteiger partial charge is 0.496 e. The van der Waals surface area contributed by atoms with Gasteiger partial charge in [-0.15, -0.1) is 0 Å². The highest BCUT2D eigenvalue weighted by atomic mass is 79.9. The third kappa shape index (κ3) is 3.82. The molecule has 0 bridgehead atoms. The second-order valence-corrected chi connectivity index (χ2v) is 5.30. The summed E-state index contributed by atoms with van der Waals surface area (Å²) in [5.41, 5.74) is 2.02. The fourth-order valence-electron chi connectivity index (χ4n) is 2.03. The molecular formula is C16H18BrNO3. The summed E-state index contributed by atoms with van der Waals surface area (Å²) in [6.45, 7) is 0.651. The maximum atomic E-state index is 5.36. The van der Waals surface area contributed by atoms with Gasteiger partial charge < -0.3 is 19.5 Å². The molecule has 0 atom stereocenters. The van der Waals surface area contributed by atoms with Gasteiger partial charge in [0.1, 0.15) is 5.75 Å². The average molecular weight is 352 g/mol. The molecular weight excluding hydrogens is 334 g/mol. The minimum absolute atomic E-state index is 0.651. The van der Waals surface area contributed by atoms with E-state index in [0.717, 1.165) is 21.5 Å². The minimum Gasteiger partial charge on any atom is -0.496 e. The normalized spacial score (nSPS) is 10.1. The summed E-state index contributed by atoms with van der Waals surface area (Å²) >= 11 is 3.47. The lowest BCUT2D eigenvalue weighted by Gasteiger charge is -2.13. The van der Waals surface area contributed by atoms with Crippen molar-refractivity contribution in [3.8, 4) is 17.2 Å². The van der Waals surface area contributed by atoms with Gasteiger partial charge >= 0.3 is 0 Å². The van der Waals surface area contributed by atoms with Crippen molar-refractivity contribution in [2.24, 2.45) is 0 Å². The first-order valence-electron chi connectivity index (χ1n) is 6.46. The molecule has 0 unspecified atom stereocenters. The summed E-state index contributed by atoms with van der Waals surface area (Å²) in [6.07, 6.45) is 0. The molecule has 2 rings (SSSR count). The van der Waals surface area contributed by atoms with Crippen molar-refractivity contribution in [1.29, 1.82) is 0 Å². The van der Waals surface area contributed by atoms with Crippen LogP contribution in [0.1, 0.15) is 5.56 Å². The van der Waals surface area contributed by atoms with Gasteiger partial charge in [0.25, 0.3) is 0 Å². The van der Waals surface area contributed by atoms with E-state index in [9.17, 15) is 0 Å². The molecule has 0 aromatic heterocycles. The van der Waals surface area contributed by atoms with E-state index in [4.69, 9.17) is 14.2 Å². The van der Waals surface area contributed by atoms with Crippen LogP contribution in [0.4, 0.5) is 5.69 Å². The van der Waals surface area contributed by atoms with E-state index in [-0.39, 0.29) is 0 Å². The monoisotopic (exact) mass is 351 g/mol. The summed E-state index contributed by atoms with van der Waals surface area (Å²) in [4.78, 5) is 0.